The van der Waals surface area contributed by atoms with Crippen molar-refractivity contribution in [2.45, 2.75) is 13.2 Å². The average molecular weight is 387 g/mol. The van der Waals surface area contributed by atoms with Crippen LogP contribution in [0.25, 0.3) is 11.3 Å². The number of aromatic amines is 1. The van der Waals surface area contributed by atoms with Gasteiger partial charge in [-0.15, -0.1) is 0 Å². The standard InChI is InChI=1S/C20H19F2N3O3/c1-25(12-13-8-9-17(28-20(21)22)18(10-13)27-2)19(26)16-11-15(23-24-16)14-6-4-3-5-7-14/h3-11,20H,12H2,1-2H3,(H,23,24). The molecular formula is C20H19F2N3O3. The summed E-state index contributed by atoms with van der Waals surface area (Å²) >= 11 is 0. The number of alkyl halides is 2. The van der Waals surface area contributed by atoms with Crippen LogP contribution in [-0.2, 0) is 6.54 Å². The van der Waals surface area contributed by atoms with E-state index in [-0.39, 0.29) is 24.0 Å². The second kappa shape index (κ2) is 8.51. The first-order chi connectivity index (χ1) is 13.5. The highest BCUT2D eigenvalue weighted by molar-refractivity contribution is 5.93. The van der Waals surface area contributed by atoms with E-state index < -0.39 is 6.61 Å². The molecule has 0 atom stereocenters. The molecule has 0 spiro atoms. The third-order valence-corrected chi connectivity index (χ3v) is 4.09. The summed E-state index contributed by atoms with van der Waals surface area (Å²) in [5.41, 5.74) is 2.63. The molecule has 0 aliphatic heterocycles. The molecule has 0 aliphatic rings. The van der Waals surface area contributed by atoms with Gasteiger partial charge in [-0.3, -0.25) is 9.89 Å². The van der Waals surface area contributed by atoms with E-state index in [0.29, 0.717) is 17.0 Å². The average Bonchev–Trinajstić information content (AvgIpc) is 3.19. The van der Waals surface area contributed by atoms with Crippen LogP contribution >= 0.6 is 0 Å². The van der Waals surface area contributed by atoms with Gasteiger partial charge in [0.05, 0.1) is 12.8 Å². The summed E-state index contributed by atoms with van der Waals surface area (Å²) in [4.78, 5) is 14.2. The van der Waals surface area contributed by atoms with Gasteiger partial charge in [-0.2, -0.15) is 13.9 Å². The highest BCUT2D eigenvalue weighted by Crippen LogP contribution is 2.30. The normalized spacial score (nSPS) is 10.8. The number of hydrogen-bond acceptors (Lipinski definition) is 4. The molecule has 0 saturated carbocycles. The number of aromatic nitrogens is 2. The van der Waals surface area contributed by atoms with E-state index in [2.05, 4.69) is 14.9 Å². The molecule has 2 aromatic carbocycles. The predicted molar refractivity (Wildman–Crippen MR) is 99.4 cm³/mol. The maximum absolute atomic E-state index is 12.7. The minimum absolute atomic E-state index is 0.0590. The van der Waals surface area contributed by atoms with Gasteiger partial charge >= 0.3 is 6.61 Å². The van der Waals surface area contributed by atoms with Gasteiger partial charge in [0.25, 0.3) is 5.91 Å². The van der Waals surface area contributed by atoms with Gasteiger partial charge in [0.15, 0.2) is 11.5 Å². The van der Waals surface area contributed by atoms with Crippen LogP contribution in [0, 0.1) is 0 Å². The summed E-state index contributed by atoms with van der Waals surface area (Å²) in [6.45, 7) is -2.69. The lowest BCUT2D eigenvalue weighted by Crippen LogP contribution is -2.26. The van der Waals surface area contributed by atoms with E-state index in [1.807, 2.05) is 30.3 Å². The molecule has 3 aromatic rings. The molecule has 0 bridgehead atoms. The number of carbonyl (C=O) groups is 1. The summed E-state index contributed by atoms with van der Waals surface area (Å²) < 4.78 is 34.3. The lowest BCUT2D eigenvalue weighted by atomic mass is 10.1. The third-order valence-electron chi connectivity index (χ3n) is 4.09. The Hall–Kier alpha value is -3.42. The molecule has 3 rings (SSSR count). The molecular weight excluding hydrogens is 368 g/mol. The quantitative estimate of drug-likeness (QED) is 0.666. The molecule has 1 N–H and O–H groups in total. The molecule has 28 heavy (non-hydrogen) atoms. The second-order valence-electron chi connectivity index (χ2n) is 6.06. The second-order valence-corrected chi connectivity index (χ2v) is 6.06. The maximum atomic E-state index is 12.7. The number of ether oxygens (including phenoxy) is 2. The summed E-state index contributed by atoms with van der Waals surface area (Å²) in [6.07, 6.45) is 0. The number of hydrogen-bond donors (Lipinski definition) is 1. The first-order valence-electron chi connectivity index (χ1n) is 8.46. The third kappa shape index (κ3) is 4.46. The molecule has 8 heteroatoms. The van der Waals surface area contributed by atoms with Gasteiger partial charge in [-0.05, 0) is 23.8 Å². The fraction of sp³-hybridized carbons (Fsp3) is 0.200. The smallest absolute Gasteiger partial charge is 0.387 e. The molecule has 1 amide bonds. The van der Waals surface area contributed by atoms with Crippen molar-refractivity contribution in [3.63, 3.8) is 0 Å². The van der Waals surface area contributed by atoms with Crippen LogP contribution in [0.4, 0.5) is 8.78 Å². The van der Waals surface area contributed by atoms with Gasteiger partial charge < -0.3 is 14.4 Å². The van der Waals surface area contributed by atoms with Crippen LogP contribution in [0.1, 0.15) is 16.1 Å². The molecule has 146 valence electrons. The lowest BCUT2D eigenvalue weighted by molar-refractivity contribution is -0.0512. The number of rotatable bonds is 7. The molecule has 0 fully saturated rings. The number of halogens is 2. The highest BCUT2D eigenvalue weighted by Gasteiger charge is 2.17. The van der Waals surface area contributed by atoms with Gasteiger partial charge in [-0.1, -0.05) is 36.4 Å². The van der Waals surface area contributed by atoms with Crippen molar-refractivity contribution in [2.75, 3.05) is 14.2 Å². The van der Waals surface area contributed by atoms with E-state index in [1.165, 1.54) is 18.1 Å². The Labute approximate surface area is 160 Å². The zero-order valence-electron chi connectivity index (χ0n) is 15.4. The molecule has 0 radical (unpaired) electrons. The summed E-state index contributed by atoms with van der Waals surface area (Å²) in [5.74, 6) is -0.135. The van der Waals surface area contributed by atoms with E-state index in [4.69, 9.17) is 4.74 Å². The number of benzene rings is 2. The van der Waals surface area contributed by atoms with Crippen LogP contribution in [0.15, 0.2) is 54.6 Å². The molecule has 1 heterocycles. The minimum Gasteiger partial charge on any atom is -0.493 e. The topological polar surface area (TPSA) is 67.5 Å². The van der Waals surface area contributed by atoms with Crippen molar-refractivity contribution in [1.82, 2.24) is 15.1 Å². The Kier molecular flexibility index (Phi) is 5.88. The van der Waals surface area contributed by atoms with Crippen molar-refractivity contribution in [3.05, 3.63) is 65.9 Å². The number of H-pyrrole nitrogens is 1. The summed E-state index contributed by atoms with van der Waals surface area (Å²) in [7, 11) is 3.00. The monoisotopic (exact) mass is 387 g/mol. The molecule has 0 aliphatic carbocycles. The van der Waals surface area contributed by atoms with Gasteiger partial charge in [-0.25, -0.2) is 0 Å². The molecule has 6 nitrogen and oxygen atoms in total. The van der Waals surface area contributed by atoms with Gasteiger partial charge in [0, 0.05) is 19.2 Å². The van der Waals surface area contributed by atoms with Crippen molar-refractivity contribution in [1.29, 1.82) is 0 Å². The van der Waals surface area contributed by atoms with Crippen LogP contribution in [0.2, 0.25) is 0 Å². The van der Waals surface area contributed by atoms with E-state index >= 15 is 0 Å². The molecule has 0 saturated heterocycles. The van der Waals surface area contributed by atoms with Crippen molar-refractivity contribution in [3.8, 4) is 22.8 Å². The number of amides is 1. The van der Waals surface area contributed by atoms with Crippen molar-refractivity contribution < 1.29 is 23.0 Å². The molecule has 1 aromatic heterocycles. The zero-order chi connectivity index (χ0) is 20.1. The zero-order valence-corrected chi connectivity index (χ0v) is 15.4. The van der Waals surface area contributed by atoms with E-state index in [0.717, 1.165) is 5.56 Å². The summed E-state index contributed by atoms with van der Waals surface area (Å²) in [5, 5.41) is 6.94. The molecule has 0 unspecified atom stereocenters. The highest BCUT2D eigenvalue weighted by atomic mass is 19.3. The Morgan fingerprint density at radius 1 is 1.14 bits per heavy atom. The largest absolute Gasteiger partial charge is 0.493 e. The van der Waals surface area contributed by atoms with Crippen LogP contribution < -0.4 is 9.47 Å². The van der Waals surface area contributed by atoms with Crippen molar-refractivity contribution >= 4 is 5.91 Å². The Bertz CT molecular complexity index is 945. The first kappa shape index (κ1) is 19.3. The van der Waals surface area contributed by atoms with E-state index in [9.17, 15) is 13.6 Å². The van der Waals surface area contributed by atoms with Gasteiger partial charge in [0.2, 0.25) is 0 Å². The van der Waals surface area contributed by atoms with Crippen molar-refractivity contribution in [2.24, 2.45) is 0 Å². The number of methoxy groups -OCH3 is 1. The fourth-order valence-corrected chi connectivity index (χ4v) is 2.74. The van der Waals surface area contributed by atoms with Crippen LogP contribution in [-0.4, -0.2) is 41.8 Å². The number of nitrogens with zero attached hydrogens (tertiary/aromatic N) is 2. The van der Waals surface area contributed by atoms with Crippen LogP contribution in [0.3, 0.4) is 0 Å². The van der Waals surface area contributed by atoms with Gasteiger partial charge in [0.1, 0.15) is 5.69 Å². The Morgan fingerprint density at radius 3 is 2.57 bits per heavy atom. The SMILES string of the molecule is COc1cc(CN(C)C(=O)c2cc(-c3ccccc3)n[nH]2)ccc1OC(F)F. The Morgan fingerprint density at radius 2 is 1.89 bits per heavy atom. The maximum Gasteiger partial charge on any atom is 0.387 e. The minimum atomic E-state index is -2.94. The lowest BCUT2D eigenvalue weighted by Gasteiger charge is -2.17. The number of carbonyl (C=O) groups excluding carboxylic acids is 1. The van der Waals surface area contributed by atoms with E-state index in [1.54, 1.807) is 25.2 Å². The Balaban J connectivity index is 1.71. The summed E-state index contributed by atoms with van der Waals surface area (Å²) in [6, 6.07) is 15.8. The fourth-order valence-electron chi connectivity index (χ4n) is 2.74. The number of nitrogens with one attached hydrogen (secondary N) is 1. The first-order valence-corrected chi connectivity index (χ1v) is 8.46. The predicted octanol–water partition coefficient (Wildman–Crippen LogP) is 3.96. The van der Waals surface area contributed by atoms with Crippen LogP contribution in [0.5, 0.6) is 11.5 Å².